The minimum atomic E-state index is 0.285. The molecular formula is C24H30N6O. The number of hydrogen-bond acceptors (Lipinski definition) is 7. The van der Waals surface area contributed by atoms with E-state index in [1.165, 1.54) is 6.42 Å². The lowest BCUT2D eigenvalue weighted by atomic mass is 10.0. The fraction of sp³-hybridized carbons (Fsp3) is 0.417. The van der Waals surface area contributed by atoms with Gasteiger partial charge in [0.15, 0.2) is 0 Å². The molecule has 1 saturated heterocycles. The van der Waals surface area contributed by atoms with E-state index in [-0.39, 0.29) is 5.75 Å². The number of fused-ring (bicyclic) bond motifs is 2. The van der Waals surface area contributed by atoms with Crippen LogP contribution < -0.4 is 15.5 Å². The Bertz CT molecular complexity index is 1090. The van der Waals surface area contributed by atoms with Crippen molar-refractivity contribution < 1.29 is 5.11 Å². The van der Waals surface area contributed by atoms with Gasteiger partial charge in [0.25, 0.3) is 0 Å². The van der Waals surface area contributed by atoms with E-state index in [1.807, 2.05) is 30.3 Å². The van der Waals surface area contributed by atoms with Crippen LogP contribution in [0.1, 0.15) is 24.6 Å². The molecule has 0 spiro atoms. The third kappa shape index (κ3) is 3.85. The Morgan fingerprint density at radius 3 is 2.61 bits per heavy atom. The molecule has 3 aromatic rings. The number of phenols is 1. The second-order valence-corrected chi connectivity index (χ2v) is 8.52. The molecule has 1 fully saturated rings. The van der Waals surface area contributed by atoms with Gasteiger partial charge in [-0.2, -0.15) is 4.98 Å². The third-order valence-corrected chi connectivity index (χ3v) is 6.45. The molecule has 2 aliphatic heterocycles. The summed E-state index contributed by atoms with van der Waals surface area (Å²) in [7, 11) is 0. The van der Waals surface area contributed by atoms with Crippen LogP contribution in [0, 0.1) is 0 Å². The van der Waals surface area contributed by atoms with Gasteiger partial charge in [-0.1, -0.05) is 31.2 Å². The standard InChI is InChI=1S/C24H30N6O/c1-2-8-28-10-12-29(13-11-28)24-26-21-16-30(9-7-20(21)23(25)27-24)22-15-18(31)14-17-5-3-4-6-19(17)22/h3-6,14-15,31H,2,7-13,16H2,1H3,(H2,25,26,27). The molecule has 7 heteroatoms. The number of piperazine rings is 1. The summed E-state index contributed by atoms with van der Waals surface area (Å²) in [4.78, 5) is 16.7. The maximum Gasteiger partial charge on any atom is 0.227 e. The fourth-order valence-corrected chi connectivity index (χ4v) is 4.82. The molecule has 0 aliphatic carbocycles. The second-order valence-electron chi connectivity index (χ2n) is 8.52. The van der Waals surface area contributed by atoms with Gasteiger partial charge in [-0.15, -0.1) is 0 Å². The van der Waals surface area contributed by atoms with Gasteiger partial charge in [-0.25, -0.2) is 4.98 Å². The van der Waals surface area contributed by atoms with Gasteiger partial charge in [0.05, 0.1) is 12.2 Å². The minimum absolute atomic E-state index is 0.285. The molecule has 3 N–H and O–H groups in total. The number of anilines is 3. The number of nitrogen functional groups attached to an aromatic ring is 1. The molecule has 0 unspecified atom stereocenters. The molecule has 2 aliphatic rings. The van der Waals surface area contributed by atoms with Crippen LogP contribution in [-0.4, -0.2) is 59.2 Å². The Kier molecular flexibility index (Phi) is 5.28. The van der Waals surface area contributed by atoms with Crippen molar-refractivity contribution in [1.82, 2.24) is 14.9 Å². The fourth-order valence-electron chi connectivity index (χ4n) is 4.82. The number of rotatable bonds is 4. The summed E-state index contributed by atoms with van der Waals surface area (Å²) in [5, 5.41) is 12.4. The van der Waals surface area contributed by atoms with E-state index in [0.717, 1.165) is 79.4 Å². The van der Waals surface area contributed by atoms with E-state index in [2.05, 4.69) is 32.7 Å². The summed E-state index contributed by atoms with van der Waals surface area (Å²) in [6.07, 6.45) is 1.98. The van der Waals surface area contributed by atoms with Crippen LogP contribution in [0.2, 0.25) is 0 Å². The van der Waals surface area contributed by atoms with Crippen molar-refractivity contribution in [2.24, 2.45) is 0 Å². The van der Waals surface area contributed by atoms with Gasteiger partial charge in [0.1, 0.15) is 11.6 Å². The number of phenolic OH excluding ortho intramolecular Hbond substituents is 1. The highest BCUT2D eigenvalue weighted by Crippen LogP contribution is 2.35. The molecular weight excluding hydrogens is 388 g/mol. The first-order valence-corrected chi connectivity index (χ1v) is 11.2. The Balaban J connectivity index is 1.43. The van der Waals surface area contributed by atoms with Crippen molar-refractivity contribution in [2.75, 3.05) is 54.8 Å². The Labute approximate surface area is 183 Å². The number of nitrogens with zero attached hydrogens (tertiary/aromatic N) is 5. The van der Waals surface area contributed by atoms with Gasteiger partial charge in [0, 0.05) is 55.4 Å². The number of aromatic nitrogens is 2. The number of benzene rings is 2. The lowest BCUT2D eigenvalue weighted by molar-refractivity contribution is 0.257. The van der Waals surface area contributed by atoms with Crippen LogP contribution in [0.25, 0.3) is 10.8 Å². The average Bonchev–Trinajstić information content (AvgIpc) is 2.79. The molecule has 0 amide bonds. The van der Waals surface area contributed by atoms with Gasteiger partial charge in [0.2, 0.25) is 5.95 Å². The molecule has 0 radical (unpaired) electrons. The quantitative estimate of drug-likeness (QED) is 0.674. The van der Waals surface area contributed by atoms with Crippen molar-refractivity contribution >= 4 is 28.2 Å². The zero-order chi connectivity index (χ0) is 21.4. The number of hydrogen-bond donors (Lipinski definition) is 2. The Morgan fingerprint density at radius 2 is 1.81 bits per heavy atom. The Hall–Kier alpha value is -3.06. The molecule has 162 valence electrons. The predicted octanol–water partition coefficient (Wildman–Crippen LogP) is 3.01. The van der Waals surface area contributed by atoms with E-state index in [0.29, 0.717) is 12.4 Å². The SMILES string of the molecule is CCCN1CCN(c2nc(N)c3c(n2)CN(c2cc(O)cc4ccccc24)CC3)CC1. The number of nitrogens with two attached hydrogens (primary N) is 1. The minimum Gasteiger partial charge on any atom is -0.508 e. The summed E-state index contributed by atoms with van der Waals surface area (Å²) >= 11 is 0. The molecule has 0 saturated carbocycles. The highest BCUT2D eigenvalue weighted by atomic mass is 16.3. The van der Waals surface area contributed by atoms with E-state index in [9.17, 15) is 5.11 Å². The predicted molar refractivity (Wildman–Crippen MR) is 126 cm³/mol. The summed E-state index contributed by atoms with van der Waals surface area (Å²) in [6.45, 7) is 8.79. The second kappa shape index (κ2) is 8.23. The maximum absolute atomic E-state index is 10.3. The Morgan fingerprint density at radius 1 is 1.00 bits per heavy atom. The van der Waals surface area contributed by atoms with Crippen LogP contribution >= 0.6 is 0 Å². The molecule has 0 atom stereocenters. The van der Waals surface area contributed by atoms with Crippen LogP contribution in [0.15, 0.2) is 36.4 Å². The van der Waals surface area contributed by atoms with Gasteiger partial charge < -0.3 is 20.6 Å². The first-order chi connectivity index (χ1) is 15.1. The first-order valence-electron chi connectivity index (χ1n) is 11.2. The van der Waals surface area contributed by atoms with E-state index >= 15 is 0 Å². The van der Waals surface area contributed by atoms with Gasteiger partial charge in [-0.3, -0.25) is 4.90 Å². The van der Waals surface area contributed by atoms with Crippen LogP contribution in [0.3, 0.4) is 0 Å². The van der Waals surface area contributed by atoms with Crippen LogP contribution in [-0.2, 0) is 13.0 Å². The third-order valence-electron chi connectivity index (χ3n) is 6.45. The molecule has 31 heavy (non-hydrogen) atoms. The molecule has 7 nitrogen and oxygen atoms in total. The van der Waals surface area contributed by atoms with Gasteiger partial charge >= 0.3 is 0 Å². The zero-order valence-electron chi connectivity index (χ0n) is 18.1. The monoisotopic (exact) mass is 418 g/mol. The molecule has 0 bridgehead atoms. The summed E-state index contributed by atoms with van der Waals surface area (Å²) in [5.41, 5.74) is 9.47. The average molecular weight is 419 g/mol. The van der Waals surface area contributed by atoms with Crippen molar-refractivity contribution in [3.8, 4) is 5.75 Å². The van der Waals surface area contributed by atoms with Crippen molar-refractivity contribution in [2.45, 2.75) is 26.3 Å². The summed E-state index contributed by atoms with van der Waals surface area (Å²) in [5.74, 6) is 1.64. The molecule has 1 aromatic heterocycles. The van der Waals surface area contributed by atoms with Crippen LogP contribution in [0.4, 0.5) is 17.5 Å². The highest BCUT2D eigenvalue weighted by molar-refractivity contribution is 5.95. The van der Waals surface area contributed by atoms with E-state index in [1.54, 1.807) is 0 Å². The van der Waals surface area contributed by atoms with Crippen molar-refractivity contribution in [3.63, 3.8) is 0 Å². The summed E-state index contributed by atoms with van der Waals surface area (Å²) < 4.78 is 0. The van der Waals surface area contributed by atoms with E-state index in [4.69, 9.17) is 10.7 Å². The van der Waals surface area contributed by atoms with E-state index < -0.39 is 0 Å². The molecule has 3 heterocycles. The van der Waals surface area contributed by atoms with Crippen molar-refractivity contribution in [3.05, 3.63) is 47.7 Å². The highest BCUT2D eigenvalue weighted by Gasteiger charge is 2.25. The lowest BCUT2D eigenvalue weighted by Crippen LogP contribution is -2.47. The smallest absolute Gasteiger partial charge is 0.227 e. The van der Waals surface area contributed by atoms with Crippen molar-refractivity contribution in [1.29, 1.82) is 0 Å². The normalized spacial score (nSPS) is 17.2. The first kappa shape index (κ1) is 19.9. The number of aromatic hydroxyl groups is 1. The zero-order valence-corrected chi connectivity index (χ0v) is 18.1. The molecule has 5 rings (SSSR count). The topological polar surface area (TPSA) is 81.8 Å². The van der Waals surface area contributed by atoms with Crippen LogP contribution in [0.5, 0.6) is 5.75 Å². The largest absolute Gasteiger partial charge is 0.508 e. The summed E-state index contributed by atoms with van der Waals surface area (Å²) in [6, 6.07) is 11.8. The lowest BCUT2D eigenvalue weighted by Gasteiger charge is -2.36. The maximum atomic E-state index is 10.3. The molecule has 2 aromatic carbocycles. The van der Waals surface area contributed by atoms with Gasteiger partial charge in [-0.05, 0) is 30.8 Å².